The Kier molecular flexibility index (Phi) is 32.8. The zero-order chi connectivity index (χ0) is 29.2. The first kappa shape index (κ1) is 38.7. The number of esters is 2. The highest BCUT2D eigenvalue weighted by molar-refractivity contribution is 5.69. The standard InChI is InChI=1S/C30H58O10/c1-3-5-7-8-9-10-12-14-30(32)40-28-26-38-24-22-36-20-18-34-16-15-33-17-19-35-21-23-37-25-27-39-29(31)13-11-6-4-2/h3-28H2,1-2H3. The summed E-state index contributed by atoms with van der Waals surface area (Å²) in [7, 11) is 0. The minimum atomic E-state index is -0.159. The lowest BCUT2D eigenvalue weighted by atomic mass is 10.1. The molecule has 0 aromatic carbocycles. The van der Waals surface area contributed by atoms with Gasteiger partial charge in [0.05, 0.1) is 79.3 Å². The number of rotatable bonds is 33. The molecule has 0 amide bonds. The molecule has 0 radical (unpaired) electrons. The molecule has 0 fully saturated rings. The van der Waals surface area contributed by atoms with Crippen LogP contribution in [-0.4, -0.2) is 104 Å². The van der Waals surface area contributed by atoms with Crippen molar-refractivity contribution in [3.8, 4) is 0 Å². The van der Waals surface area contributed by atoms with Crippen LogP contribution < -0.4 is 0 Å². The Morgan fingerprint density at radius 1 is 0.350 bits per heavy atom. The molecule has 0 N–H and O–H groups in total. The van der Waals surface area contributed by atoms with E-state index in [9.17, 15) is 9.59 Å². The van der Waals surface area contributed by atoms with Crippen molar-refractivity contribution in [3.05, 3.63) is 0 Å². The topological polar surface area (TPSA) is 108 Å². The molecule has 10 heteroatoms. The van der Waals surface area contributed by atoms with Gasteiger partial charge in [-0.05, 0) is 12.8 Å². The Balaban J connectivity index is 3.14. The van der Waals surface area contributed by atoms with E-state index in [-0.39, 0.29) is 25.2 Å². The van der Waals surface area contributed by atoms with Gasteiger partial charge in [0.25, 0.3) is 0 Å². The second-order valence-electron chi connectivity index (χ2n) is 9.44. The number of hydrogen-bond acceptors (Lipinski definition) is 10. The predicted octanol–water partition coefficient (Wildman–Crippen LogP) is 4.89. The van der Waals surface area contributed by atoms with Gasteiger partial charge in [-0.15, -0.1) is 0 Å². The van der Waals surface area contributed by atoms with Crippen LogP contribution in [0.25, 0.3) is 0 Å². The molecule has 0 heterocycles. The number of carbonyl (C=O) groups is 2. The SMILES string of the molecule is CCCCCCCCCC(=O)OCCOCCOCCOCCOCCOCCOCCOC(=O)CCCCC. The quantitative estimate of drug-likeness (QED) is 0.0789. The lowest BCUT2D eigenvalue weighted by molar-refractivity contribution is -0.146. The van der Waals surface area contributed by atoms with Gasteiger partial charge in [0.2, 0.25) is 0 Å². The molecule has 0 unspecified atom stereocenters. The Bertz CT molecular complexity index is 533. The van der Waals surface area contributed by atoms with Crippen molar-refractivity contribution in [2.24, 2.45) is 0 Å². The van der Waals surface area contributed by atoms with Crippen LogP contribution in [0.2, 0.25) is 0 Å². The average Bonchev–Trinajstić information content (AvgIpc) is 2.95. The fourth-order valence-electron chi connectivity index (χ4n) is 3.52. The summed E-state index contributed by atoms with van der Waals surface area (Å²) in [6.07, 6.45) is 12.3. The zero-order valence-electron chi connectivity index (χ0n) is 25.5. The van der Waals surface area contributed by atoms with E-state index in [0.29, 0.717) is 92.1 Å². The van der Waals surface area contributed by atoms with Gasteiger partial charge in [-0.1, -0.05) is 65.2 Å². The van der Waals surface area contributed by atoms with Gasteiger partial charge in [-0.3, -0.25) is 9.59 Å². The van der Waals surface area contributed by atoms with Crippen LogP contribution in [0.4, 0.5) is 0 Å². The fourth-order valence-corrected chi connectivity index (χ4v) is 3.52. The summed E-state index contributed by atoms with van der Waals surface area (Å²) in [4.78, 5) is 23.1. The number of carbonyl (C=O) groups excluding carboxylic acids is 2. The number of ether oxygens (including phenoxy) is 8. The lowest BCUT2D eigenvalue weighted by Crippen LogP contribution is -2.15. The van der Waals surface area contributed by atoms with Gasteiger partial charge >= 0.3 is 11.9 Å². The largest absolute Gasteiger partial charge is 0.463 e. The van der Waals surface area contributed by atoms with Crippen molar-refractivity contribution >= 4 is 11.9 Å². The van der Waals surface area contributed by atoms with Crippen molar-refractivity contribution in [3.63, 3.8) is 0 Å². The fraction of sp³-hybridized carbons (Fsp3) is 0.933. The molecule has 0 bridgehead atoms. The zero-order valence-corrected chi connectivity index (χ0v) is 25.5. The first-order valence-electron chi connectivity index (χ1n) is 15.5. The van der Waals surface area contributed by atoms with Crippen LogP contribution in [-0.2, 0) is 47.5 Å². The maximum absolute atomic E-state index is 11.7. The van der Waals surface area contributed by atoms with Crippen molar-refractivity contribution in [2.45, 2.75) is 90.9 Å². The molecule has 0 aliphatic heterocycles. The lowest BCUT2D eigenvalue weighted by Gasteiger charge is -2.09. The molecule has 238 valence electrons. The second kappa shape index (κ2) is 33.9. The monoisotopic (exact) mass is 578 g/mol. The predicted molar refractivity (Wildman–Crippen MR) is 154 cm³/mol. The van der Waals surface area contributed by atoms with E-state index in [1.54, 1.807) is 0 Å². The highest BCUT2D eigenvalue weighted by atomic mass is 16.6. The van der Waals surface area contributed by atoms with Crippen molar-refractivity contribution in [1.29, 1.82) is 0 Å². The minimum Gasteiger partial charge on any atom is -0.463 e. The maximum atomic E-state index is 11.7. The number of hydrogen-bond donors (Lipinski definition) is 0. The van der Waals surface area contributed by atoms with E-state index in [2.05, 4.69) is 13.8 Å². The highest BCUT2D eigenvalue weighted by Crippen LogP contribution is 2.08. The van der Waals surface area contributed by atoms with Crippen molar-refractivity contribution in [1.82, 2.24) is 0 Å². The van der Waals surface area contributed by atoms with Crippen LogP contribution in [0.15, 0.2) is 0 Å². The minimum absolute atomic E-state index is 0.141. The van der Waals surface area contributed by atoms with Crippen molar-refractivity contribution < 1.29 is 47.5 Å². The smallest absolute Gasteiger partial charge is 0.305 e. The van der Waals surface area contributed by atoms with Crippen LogP contribution in [0.5, 0.6) is 0 Å². The van der Waals surface area contributed by atoms with Gasteiger partial charge in [-0.25, -0.2) is 0 Å². The summed E-state index contributed by atoms with van der Waals surface area (Å²) in [5.74, 6) is -0.300. The van der Waals surface area contributed by atoms with Crippen LogP contribution >= 0.6 is 0 Å². The summed E-state index contributed by atoms with van der Waals surface area (Å²) in [5, 5.41) is 0. The molecule has 0 aromatic rings. The maximum Gasteiger partial charge on any atom is 0.305 e. The van der Waals surface area contributed by atoms with Gasteiger partial charge in [0.15, 0.2) is 0 Å². The molecule has 0 aromatic heterocycles. The third-order valence-electron chi connectivity index (χ3n) is 5.81. The Hall–Kier alpha value is -1.30. The van der Waals surface area contributed by atoms with E-state index < -0.39 is 0 Å². The summed E-state index contributed by atoms with van der Waals surface area (Å²) in [6, 6.07) is 0. The molecule has 0 aliphatic rings. The third-order valence-corrected chi connectivity index (χ3v) is 5.81. The van der Waals surface area contributed by atoms with E-state index in [0.717, 1.165) is 32.1 Å². The molecule has 40 heavy (non-hydrogen) atoms. The van der Waals surface area contributed by atoms with E-state index in [1.165, 1.54) is 32.1 Å². The second-order valence-corrected chi connectivity index (χ2v) is 9.44. The Morgan fingerprint density at radius 2 is 0.600 bits per heavy atom. The summed E-state index contributed by atoms with van der Waals surface area (Å²) in [5.41, 5.74) is 0. The average molecular weight is 579 g/mol. The molecule has 10 nitrogen and oxygen atoms in total. The summed E-state index contributed by atoms with van der Waals surface area (Å²) >= 11 is 0. The van der Waals surface area contributed by atoms with Crippen LogP contribution in [0, 0.1) is 0 Å². The Morgan fingerprint density at radius 3 is 0.950 bits per heavy atom. The number of unbranched alkanes of at least 4 members (excludes halogenated alkanes) is 8. The molecular weight excluding hydrogens is 520 g/mol. The molecule has 0 atom stereocenters. The van der Waals surface area contributed by atoms with E-state index in [1.807, 2.05) is 0 Å². The van der Waals surface area contributed by atoms with Crippen molar-refractivity contribution in [2.75, 3.05) is 92.5 Å². The summed E-state index contributed by atoms with van der Waals surface area (Å²) in [6.45, 7) is 10.4. The van der Waals surface area contributed by atoms with Gasteiger partial charge in [0.1, 0.15) is 13.2 Å². The first-order chi connectivity index (χ1) is 19.7. The third kappa shape index (κ3) is 32.9. The highest BCUT2D eigenvalue weighted by Gasteiger charge is 2.03. The first-order valence-corrected chi connectivity index (χ1v) is 15.5. The molecule has 0 aliphatic carbocycles. The Labute approximate surface area is 243 Å². The van der Waals surface area contributed by atoms with Gasteiger partial charge in [-0.2, -0.15) is 0 Å². The van der Waals surface area contributed by atoms with E-state index in [4.69, 9.17) is 37.9 Å². The van der Waals surface area contributed by atoms with E-state index >= 15 is 0 Å². The molecule has 0 saturated heterocycles. The van der Waals surface area contributed by atoms with Crippen LogP contribution in [0.3, 0.4) is 0 Å². The normalized spacial score (nSPS) is 11.2. The molecular formula is C30H58O10. The van der Waals surface area contributed by atoms with Crippen LogP contribution in [0.1, 0.15) is 90.9 Å². The van der Waals surface area contributed by atoms with Gasteiger partial charge < -0.3 is 37.9 Å². The van der Waals surface area contributed by atoms with Gasteiger partial charge in [0, 0.05) is 12.8 Å². The molecule has 0 saturated carbocycles. The molecule has 0 spiro atoms. The molecule has 0 rings (SSSR count). The summed E-state index contributed by atoms with van der Waals surface area (Å²) < 4.78 is 42.8.